The van der Waals surface area contributed by atoms with Gasteiger partial charge in [0.2, 0.25) is 0 Å². The molecule has 4 nitrogen and oxygen atoms in total. The van der Waals surface area contributed by atoms with Crippen LogP contribution < -0.4 is 5.32 Å². The normalized spacial score (nSPS) is 12.2. The lowest BCUT2D eigenvalue weighted by atomic mass is 10.2. The van der Waals surface area contributed by atoms with E-state index < -0.39 is 10.7 Å². The Labute approximate surface area is 97.4 Å². The molecule has 0 aromatic heterocycles. The second-order valence-electron chi connectivity index (χ2n) is 3.42. The lowest BCUT2D eigenvalue weighted by molar-refractivity contribution is -0.384. The molecule has 0 heterocycles. The predicted molar refractivity (Wildman–Crippen MR) is 64.5 cm³/mol. The van der Waals surface area contributed by atoms with E-state index in [0.29, 0.717) is 5.69 Å². The van der Waals surface area contributed by atoms with Crippen molar-refractivity contribution in [2.45, 2.75) is 13.0 Å². The summed E-state index contributed by atoms with van der Waals surface area (Å²) in [6.45, 7) is 1.92. The number of benzene rings is 1. The second kappa shape index (κ2) is 5.69. The molecule has 0 amide bonds. The SMILES string of the molecule is CSCC(C)Nc1ccc(F)cc1[N+](=O)[O-]. The van der Waals surface area contributed by atoms with Crippen molar-refractivity contribution in [3.8, 4) is 0 Å². The number of nitro groups is 1. The van der Waals surface area contributed by atoms with E-state index >= 15 is 0 Å². The standard InChI is InChI=1S/C10H13FN2O2S/c1-7(6-16-2)12-9-4-3-8(11)5-10(9)13(14)15/h3-5,7,12H,6H2,1-2H3. The van der Waals surface area contributed by atoms with E-state index in [1.165, 1.54) is 12.1 Å². The third kappa shape index (κ3) is 3.37. The molecule has 0 saturated carbocycles. The number of hydrogen-bond acceptors (Lipinski definition) is 4. The molecule has 16 heavy (non-hydrogen) atoms. The molecule has 1 rings (SSSR count). The summed E-state index contributed by atoms with van der Waals surface area (Å²) in [6, 6.07) is 3.62. The highest BCUT2D eigenvalue weighted by molar-refractivity contribution is 7.98. The van der Waals surface area contributed by atoms with Crippen LogP contribution in [-0.2, 0) is 0 Å². The molecule has 1 aromatic rings. The molecule has 1 aromatic carbocycles. The van der Waals surface area contributed by atoms with Crippen molar-refractivity contribution in [3.63, 3.8) is 0 Å². The van der Waals surface area contributed by atoms with Crippen molar-refractivity contribution >= 4 is 23.1 Å². The summed E-state index contributed by atoms with van der Waals surface area (Å²) < 4.78 is 12.9. The van der Waals surface area contributed by atoms with Crippen LogP contribution in [0.25, 0.3) is 0 Å². The van der Waals surface area contributed by atoms with E-state index in [1.54, 1.807) is 11.8 Å². The first kappa shape index (κ1) is 12.8. The van der Waals surface area contributed by atoms with Crippen LogP contribution in [0.4, 0.5) is 15.8 Å². The van der Waals surface area contributed by atoms with Crippen molar-refractivity contribution in [1.29, 1.82) is 0 Å². The molecule has 0 aliphatic heterocycles. The van der Waals surface area contributed by atoms with Crippen LogP contribution in [0.5, 0.6) is 0 Å². The van der Waals surface area contributed by atoms with E-state index in [9.17, 15) is 14.5 Å². The molecular formula is C10H13FN2O2S. The summed E-state index contributed by atoms with van der Waals surface area (Å²) in [4.78, 5) is 10.1. The van der Waals surface area contributed by atoms with E-state index in [2.05, 4.69) is 5.32 Å². The van der Waals surface area contributed by atoms with Crippen molar-refractivity contribution < 1.29 is 9.31 Å². The molecule has 0 aliphatic rings. The largest absolute Gasteiger partial charge is 0.376 e. The van der Waals surface area contributed by atoms with Gasteiger partial charge in [-0.2, -0.15) is 11.8 Å². The molecule has 1 N–H and O–H groups in total. The van der Waals surface area contributed by atoms with Gasteiger partial charge in [-0.05, 0) is 25.3 Å². The number of rotatable bonds is 5. The number of thioether (sulfide) groups is 1. The summed E-state index contributed by atoms with van der Waals surface area (Å²) in [7, 11) is 0. The summed E-state index contributed by atoms with van der Waals surface area (Å²) in [6.07, 6.45) is 1.96. The van der Waals surface area contributed by atoms with Crippen LogP contribution in [-0.4, -0.2) is 23.0 Å². The van der Waals surface area contributed by atoms with Gasteiger partial charge in [0.1, 0.15) is 11.5 Å². The Kier molecular flexibility index (Phi) is 4.54. The van der Waals surface area contributed by atoms with E-state index in [4.69, 9.17) is 0 Å². The minimum atomic E-state index is -0.602. The van der Waals surface area contributed by atoms with Gasteiger partial charge in [-0.15, -0.1) is 0 Å². The second-order valence-corrected chi connectivity index (χ2v) is 4.33. The average Bonchev–Trinajstić information content (AvgIpc) is 2.20. The Balaban J connectivity index is 2.90. The zero-order chi connectivity index (χ0) is 12.1. The Morgan fingerprint density at radius 2 is 2.31 bits per heavy atom. The lowest BCUT2D eigenvalue weighted by Crippen LogP contribution is -2.18. The minimum Gasteiger partial charge on any atom is -0.376 e. The monoisotopic (exact) mass is 244 g/mol. The topological polar surface area (TPSA) is 55.2 Å². The third-order valence-corrected chi connectivity index (χ3v) is 2.81. The van der Waals surface area contributed by atoms with E-state index in [1.807, 2.05) is 13.2 Å². The summed E-state index contributed by atoms with van der Waals surface area (Å²) in [5.74, 6) is 0.226. The Morgan fingerprint density at radius 1 is 1.62 bits per heavy atom. The van der Waals surface area contributed by atoms with E-state index in [0.717, 1.165) is 11.8 Å². The predicted octanol–water partition coefficient (Wildman–Crippen LogP) is 2.90. The fourth-order valence-corrected chi connectivity index (χ4v) is 1.92. The van der Waals surface area contributed by atoms with Crippen molar-refractivity contribution in [3.05, 3.63) is 34.1 Å². The number of nitrogens with zero attached hydrogens (tertiary/aromatic N) is 1. The molecule has 6 heteroatoms. The molecule has 0 saturated heterocycles. The number of anilines is 1. The van der Waals surface area contributed by atoms with Crippen molar-refractivity contribution in [1.82, 2.24) is 0 Å². The highest BCUT2D eigenvalue weighted by atomic mass is 32.2. The zero-order valence-electron chi connectivity index (χ0n) is 9.07. The maximum atomic E-state index is 12.9. The first-order valence-electron chi connectivity index (χ1n) is 4.74. The molecule has 1 atom stereocenters. The van der Waals surface area contributed by atoms with Gasteiger partial charge in [-0.3, -0.25) is 10.1 Å². The van der Waals surface area contributed by atoms with E-state index in [-0.39, 0.29) is 11.7 Å². The number of nitrogens with one attached hydrogen (secondary N) is 1. The quantitative estimate of drug-likeness (QED) is 0.639. The Morgan fingerprint density at radius 3 is 2.88 bits per heavy atom. The highest BCUT2D eigenvalue weighted by Gasteiger charge is 2.16. The lowest BCUT2D eigenvalue weighted by Gasteiger charge is -2.13. The third-order valence-electron chi connectivity index (χ3n) is 1.98. The molecule has 0 fully saturated rings. The Hall–Kier alpha value is -1.30. The number of hydrogen-bond donors (Lipinski definition) is 1. The fourth-order valence-electron chi connectivity index (χ4n) is 1.34. The minimum absolute atomic E-state index is 0.0964. The van der Waals surface area contributed by atoms with Crippen LogP contribution >= 0.6 is 11.8 Å². The maximum absolute atomic E-state index is 12.9. The van der Waals surface area contributed by atoms with Crippen LogP contribution in [0.2, 0.25) is 0 Å². The van der Waals surface area contributed by atoms with Gasteiger partial charge < -0.3 is 5.32 Å². The van der Waals surface area contributed by atoms with Crippen LogP contribution in [0.15, 0.2) is 18.2 Å². The maximum Gasteiger partial charge on any atom is 0.295 e. The number of nitro benzene ring substituents is 1. The van der Waals surface area contributed by atoms with Gasteiger partial charge >= 0.3 is 0 Å². The van der Waals surface area contributed by atoms with Gasteiger partial charge in [-0.25, -0.2) is 4.39 Å². The molecule has 0 radical (unpaired) electrons. The number of halogens is 1. The molecule has 0 bridgehead atoms. The van der Waals surface area contributed by atoms with Gasteiger partial charge in [0.05, 0.1) is 11.0 Å². The molecule has 0 aliphatic carbocycles. The van der Waals surface area contributed by atoms with Gasteiger partial charge in [0.25, 0.3) is 5.69 Å². The first-order chi connectivity index (χ1) is 7.54. The van der Waals surface area contributed by atoms with Crippen molar-refractivity contribution in [2.75, 3.05) is 17.3 Å². The summed E-state index contributed by atoms with van der Waals surface area (Å²) in [5.41, 5.74) is 0.126. The molecule has 0 spiro atoms. The van der Waals surface area contributed by atoms with Crippen molar-refractivity contribution in [2.24, 2.45) is 0 Å². The highest BCUT2D eigenvalue weighted by Crippen LogP contribution is 2.25. The molecule has 1 unspecified atom stereocenters. The molecule has 88 valence electrons. The smallest absolute Gasteiger partial charge is 0.295 e. The summed E-state index contributed by atoms with van der Waals surface area (Å²) in [5, 5.41) is 13.7. The van der Waals surface area contributed by atoms with Gasteiger partial charge in [0, 0.05) is 11.8 Å². The first-order valence-corrected chi connectivity index (χ1v) is 6.13. The van der Waals surface area contributed by atoms with Gasteiger partial charge in [-0.1, -0.05) is 0 Å². The zero-order valence-corrected chi connectivity index (χ0v) is 9.88. The molecular weight excluding hydrogens is 231 g/mol. The van der Waals surface area contributed by atoms with Gasteiger partial charge in [0.15, 0.2) is 0 Å². The Bertz CT molecular complexity index is 387. The fraction of sp³-hybridized carbons (Fsp3) is 0.400. The van der Waals surface area contributed by atoms with Crippen LogP contribution in [0, 0.1) is 15.9 Å². The van der Waals surface area contributed by atoms with Crippen LogP contribution in [0.3, 0.4) is 0 Å². The average molecular weight is 244 g/mol. The van der Waals surface area contributed by atoms with Crippen LogP contribution in [0.1, 0.15) is 6.92 Å². The summed E-state index contributed by atoms with van der Waals surface area (Å²) >= 11 is 1.64.